The SMILES string of the molecule is O=C(CC1CCCCC1)Nc1cc(-n2cccn2)ncn1. The van der Waals surface area contributed by atoms with Gasteiger partial charge in [0, 0.05) is 24.9 Å². The summed E-state index contributed by atoms with van der Waals surface area (Å²) in [6.07, 6.45) is 11.6. The predicted octanol–water partition coefficient (Wildman–Crippen LogP) is 2.57. The van der Waals surface area contributed by atoms with E-state index in [-0.39, 0.29) is 5.91 Å². The number of nitrogens with zero attached hydrogens (tertiary/aromatic N) is 4. The lowest BCUT2D eigenvalue weighted by Gasteiger charge is -2.20. The summed E-state index contributed by atoms with van der Waals surface area (Å²) < 4.78 is 1.64. The first kappa shape index (κ1) is 13.7. The van der Waals surface area contributed by atoms with E-state index >= 15 is 0 Å². The van der Waals surface area contributed by atoms with Gasteiger partial charge >= 0.3 is 0 Å². The van der Waals surface area contributed by atoms with E-state index in [1.54, 1.807) is 23.1 Å². The summed E-state index contributed by atoms with van der Waals surface area (Å²) in [4.78, 5) is 20.3. The average molecular weight is 285 g/mol. The van der Waals surface area contributed by atoms with Crippen LogP contribution in [0.25, 0.3) is 5.82 Å². The number of rotatable bonds is 4. The Kier molecular flexibility index (Phi) is 4.23. The maximum Gasteiger partial charge on any atom is 0.225 e. The first-order chi connectivity index (χ1) is 10.3. The van der Waals surface area contributed by atoms with E-state index in [1.165, 1.54) is 25.6 Å². The van der Waals surface area contributed by atoms with Gasteiger partial charge < -0.3 is 5.32 Å². The largest absolute Gasteiger partial charge is 0.311 e. The van der Waals surface area contributed by atoms with Gasteiger partial charge in [-0.15, -0.1) is 0 Å². The number of carbonyl (C=O) groups excluding carboxylic acids is 1. The van der Waals surface area contributed by atoms with Gasteiger partial charge in [0.05, 0.1) is 0 Å². The third-order valence-electron chi connectivity index (χ3n) is 3.86. The molecule has 2 aromatic heterocycles. The maximum absolute atomic E-state index is 12.1. The van der Waals surface area contributed by atoms with Crippen LogP contribution in [-0.2, 0) is 4.79 Å². The normalized spacial score (nSPS) is 15.8. The molecule has 1 fully saturated rings. The van der Waals surface area contributed by atoms with E-state index in [0.717, 1.165) is 12.8 Å². The number of hydrogen-bond donors (Lipinski definition) is 1. The molecule has 1 N–H and O–H groups in total. The molecule has 21 heavy (non-hydrogen) atoms. The molecule has 1 aliphatic carbocycles. The topological polar surface area (TPSA) is 72.7 Å². The predicted molar refractivity (Wildman–Crippen MR) is 79.0 cm³/mol. The van der Waals surface area contributed by atoms with Crippen LogP contribution in [0.2, 0.25) is 0 Å². The van der Waals surface area contributed by atoms with E-state index in [2.05, 4.69) is 20.4 Å². The fraction of sp³-hybridized carbons (Fsp3) is 0.467. The van der Waals surface area contributed by atoms with E-state index in [9.17, 15) is 4.79 Å². The van der Waals surface area contributed by atoms with Crippen LogP contribution in [-0.4, -0.2) is 25.7 Å². The van der Waals surface area contributed by atoms with Crippen molar-refractivity contribution in [3.8, 4) is 5.82 Å². The Morgan fingerprint density at radius 2 is 2.14 bits per heavy atom. The highest BCUT2D eigenvalue weighted by atomic mass is 16.1. The quantitative estimate of drug-likeness (QED) is 0.937. The zero-order chi connectivity index (χ0) is 14.5. The smallest absolute Gasteiger partial charge is 0.225 e. The zero-order valence-corrected chi connectivity index (χ0v) is 11.9. The molecule has 0 unspecified atom stereocenters. The summed E-state index contributed by atoms with van der Waals surface area (Å²) >= 11 is 0. The van der Waals surface area contributed by atoms with Gasteiger partial charge in [0.1, 0.15) is 12.1 Å². The van der Waals surface area contributed by atoms with Gasteiger partial charge in [-0.05, 0) is 24.8 Å². The van der Waals surface area contributed by atoms with Gasteiger partial charge in [-0.1, -0.05) is 19.3 Å². The Morgan fingerprint density at radius 1 is 1.29 bits per heavy atom. The fourth-order valence-electron chi connectivity index (χ4n) is 2.79. The van der Waals surface area contributed by atoms with E-state index in [0.29, 0.717) is 24.0 Å². The molecule has 2 aromatic rings. The van der Waals surface area contributed by atoms with Gasteiger partial charge in [0.15, 0.2) is 5.82 Å². The van der Waals surface area contributed by atoms with Crippen LogP contribution in [0.5, 0.6) is 0 Å². The minimum absolute atomic E-state index is 0.0343. The van der Waals surface area contributed by atoms with Crippen LogP contribution < -0.4 is 5.32 Å². The van der Waals surface area contributed by atoms with Crippen LogP contribution in [0.3, 0.4) is 0 Å². The van der Waals surface area contributed by atoms with E-state index < -0.39 is 0 Å². The molecule has 1 aliphatic rings. The van der Waals surface area contributed by atoms with Crippen molar-refractivity contribution >= 4 is 11.7 Å². The first-order valence-corrected chi connectivity index (χ1v) is 7.43. The molecular weight excluding hydrogens is 266 g/mol. The molecule has 0 bridgehead atoms. The van der Waals surface area contributed by atoms with Gasteiger partial charge in [-0.25, -0.2) is 14.6 Å². The molecule has 6 nitrogen and oxygen atoms in total. The van der Waals surface area contributed by atoms with E-state index in [4.69, 9.17) is 0 Å². The van der Waals surface area contributed by atoms with Gasteiger partial charge in [0.25, 0.3) is 0 Å². The van der Waals surface area contributed by atoms with Crippen LogP contribution in [0.4, 0.5) is 5.82 Å². The third-order valence-corrected chi connectivity index (χ3v) is 3.86. The summed E-state index contributed by atoms with van der Waals surface area (Å²) in [7, 11) is 0. The Hall–Kier alpha value is -2.24. The molecule has 0 aliphatic heterocycles. The molecular formula is C15H19N5O. The van der Waals surface area contributed by atoms with Gasteiger partial charge in [0.2, 0.25) is 5.91 Å². The molecule has 0 aromatic carbocycles. The van der Waals surface area contributed by atoms with Crippen LogP contribution in [0.15, 0.2) is 30.9 Å². The molecule has 3 rings (SSSR count). The third kappa shape index (κ3) is 3.65. The van der Waals surface area contributed by atoms with Crippen molar-refractivity contribution in [1.29, 1.82) is 0 Å². The average Bonchev–Trinajstić information content (AvgIpc) is 3.02. The van der Waals surface area contributed by atoms with E-state index in [1.807, 2.05) is 6.07 Å². The first-order valence-electron chi connectivity index (χ1n) is 7.43. The molecule has 110 valence electrons. The Labute approximate surface area is 123 Å². The van der Waals surface area contributed by atoms with Crippen molar-refractivity contribution in [3.63, 3.8) is 0 Å². The van der Waals surface area contributed by atoms with Crippen LogP contribution >= 0.6 is 0 Å². The number of carbonyl (C=O) groups is 1. The number of anilines is 1. The minimum Gasteiger partial charge on any atom is -0.311 e. The van der Waals surface area contributed by atoms with Gasteiger partial charge in [-0.3, -0.25) is 4.79 Å². The summed E-state index contributed by atoms with van der Waals surface area (Å²) in [6, 6.07) is 3.55. The summed E-state index contributed by atoms with van der Waals surface area (Å²) in [5, 5.41) is 6.97. The second-order valence-electron chi connectivity index (χ2n) is 5.47. The second kappa shape index (κ2) is 6.47. The van der Waals surface area contributed by atoms with Crippen LogP contribution in [0.1, 0.15) is 38.5 Å². The molecule has 1 amide bonds. The Balaban J connectivity index is 1.62. The number of nitrogens with one attached hydrogen (secondary N) is 1. The summed E-state index contributed by atoms with van der Waals surface area (Å²) in [5.74, 6) is 1.72. The van der Waals surface area contributed by atoms with Crippen molar-refractivity contribution < 1.29 is 4.79 Å². The number of hydrogen-bond acceptors (Lipinski definition) is 4. The highest BCUT2D eigenvalue weighted by molar-refractivity contribution is 5.90. The highest BCUT2D eigenvalue weighted by Gasteiger charge is 2.17. The van der Waals surface area contributed by atoms with Crippen molar-refractivity contribution in [2.75, 3.05) is 5.32 Å². The minimum atomic E-state index is 0.0343. The number of aromatic nitrogens is 4. The monoisotopic (exact) mass is 285 g/mol. The van der Waals surface area contributed by atoms with Crippen LogP contribution in [0, 0.1) is 5.92 Å². The molecule has 0 radical (unpaired) electrons. The number of amides is 1. The van der Waals surface area contributed by atoms with Crippen molar-refractivity contribution in [2.45, 2.75) is 38.5 Å². The lowest BCUT2D eigenvalue weighted by atomic mass is 9.87. The lowest BCUT2D eigenvalue weighted by Crippen LogP contribution is -2.19. The Bertz CT molecular complexity index is 590. The standard InChI is InChI=1S/C15H19N5O/c21-15(9-12-5-2-1-3-6-12)19-13-10-14(17-11-16-13)20-8-4-7-18-20/h4,7-8,10-12H,1-3,5-6,9H2,(H,16,17,19,21). The summed E-state index contributed by atoms with van der Waals surface area (Å²) in [5.41, 5.74) is 0. The lowest BCUT2D eigenvalue weighted by molar-refractivity contribution is -0.117. The van der Waals surface area contributed by atoms with Crippen molar-refractivity contribution in [2.24, 2.45) is 5.92 Å². The maximum atomic E-state index is 12.1. The Morgan fingerprint density at radius 3 is 2.90 bits per heavy atom. The molecule has 6 heteroatoms. The molecule has 0 spiro atoms. The zero-order valence-electron chi connectivity index (χ0n) is 11.9. The summed E-state index contributed by atoms with van der Waals surface area (Å²) in [6.45, 7) is 0. The molecule has 1 saturated carbocycles. The molecule has 0 atom stereocenters. The van der Waals surface area contributed by atoms with Crippen molar-refractivity contribution in [3.05, 3.63) is 30.9 Å². The van der Waals surface area contributed by atoms with Gasteiger partial charge in [-0.2, -0.15) is 5.10 Å². The molecule has 2 heterocycles. The van der Waals surface area contributed by atoms with Crippen molar-refractivity contribution in [1.82, 2.24) is 19.7 Å². The fourth-order valence-corrected chi connectivity index (χ4v) is 2.79. The molecule has 0 saturated heterocycles. The highest BCUT2D eigenvalue weighted by Crippen LogP contribution is 2.26. The second-order valence-corrected chi connectivity index (χ2v) is 5.47.